The van der Waals surface area contributed by atoms with E-state index in [1.54, 1.807) is 6.07 Å². The molecule has 1 aliphatic rings. The molecule has 14 heteroatoms. The molecule has 176 valence electrons. The predicted molar refractivity (Wildman–Crippen MR) is 123 cm³/mol. The quantitative estimate of drug-likeness (QED) is 0.426. The van der Waals surface area contributed by atoms with E-state index in [0.717, 1.165) is 16.8 Å². The van der Waals surface area contributed by atoms with Crippen LogP contribution >= 0.6 is 0 Å². The molecule has 1 aliphatic heterocycles. The van der Waals surface area contributed by atoms with Gasteiger partial charge in [0.15, 0.2) is 0 Å². The van der Waals surface area contributed by atoms with Crippen molar-refractivity contribution in [3.63, 3.8) is 0 Å². The van der Waals surface area contributed by atoms with Gasteiger partial charge in [0.2, 0.25) is 10.0 Å². The lowest BCUT2D eigenvalue weighted by molar-refractivity contribution is 0.509. The first-order valence-electron chi connectivity index (χ1n) is 9.94. The number of hydrogen-bond donors (Lipinski definition) is 3. The number of anilines is 2. The summed E-state index contributed by atoms with van der Waals surface area (Å²) in [6.07, 6.45) is 2.99. The zero-order valence-electron chi connectivity index (χ0n) is 18.0. The second kappa shape index (κ2) is 7.88. The predicted octanol–water partition coefficient (Wildman–Crippen LogP) is -0.538. The summed E-state index contributed by atoms with van der Waals surface area (Å²) < 4.78 is 55.7. The molecule has 0 unspecified atom stereocenters. The number of hydrogen-bond acceptors (Lipinski definition) is 8. The molecule has 3 heterocycles. The van der Waals surface area contributed by atoms with Gasteiger partial charge in [0.05, 0.1) is 18.1 Å². The first-order valence-corrected chi connectivity index (χ1v) is 13.3. The Balaban J connectivity index is 1.94. The van der Waals surface area contributed by atoms with Crippen molar-refractivity contribution in [2.45, 2.75) is 31.7 Å². The molecule has 3 N–H and O–H groups in total. The van der Waals surface area contributed by atoms with Crippen molar-refractivity contribution in [2.75, 3.05) is 16.3 Å². The molecule has 0 atom stereocenters. The number of rotatable bonds is 5. The first-order chi connectivity index (χ1) is 15.4. The Morgan fingerprint density at radius 3 is 2.55 bits per heavy atom. The van der Waals surface area contributed by atoms with Crippen molar-refractivity contribution in [3.8, 4) is 0 Å². The van der Waals surface area contributed by atoms with E-state index in [4.69, 9.17) is 0 Å². The molecule has 1 aromatic carbocycles. The molecule has 12 nitrogen and oxygen atoms in total. The van der Waals surface area contributed by atoms with Crippen molar-refractivity contribution in [1.82, 2.24) is 18.9 Å². The highest BCUT2D eigenvalue weighted by atomic mass is 32.2. The van der Waals surface area contributed by atoms with E-state index in [1.165, 1.54) is 22.9 Å². The Hall–Kier alpha value is -3.39. The van der Waals surface area contributed by atoms with Crippen molar-refractivity contribution in [2.24, 2.45) is 5.92 Å². The summed E-state index contributed by atoms with van der Waals surface area (Å²) in [5, 5.41) is 6.37. The number of nitrogens with one attached hydrogen (secondary N) is 3. The Kier molecular flexibility index (Phi) is 5.44. The third-order valence-electron chi connectivity index (χ3n) is 5.02. The summed E-state index contributed by atoms with van der Waals surface area (Å²) >= 11 is 0. The van der Waals surface area contributed by atoms with Gasteiger partial charge in [0, 0.05) is 18.3 Å². The van der Waals surface area contributed by atoms with Crippen LogP contribution in [0.1, 0.15) is 20.3 Å². The maximum Gasteiger partial charge on any atom is 0.289 e. The number of aryl methyl sites for hydroxylation is 1. The average Bonchev–Trinajstić information content (AvgIpc) is 3.16. The van der Waals surface area contributed by atoms with Gasteiger partial charge >= 0.3 is 0 Å². The summed E-state index contributed by atoms with van der Waals surface area (Å²) in [5.41, 5.74) is -0.991. The van der Waals surface area contributed by atoms with E-state index in [0.29, 0.717) is 18.6 Å². The van der Waals surface area contributed by atoms with Crippen LogP contribution < -0.4 is 31.1 Å². The number of sulfonamides is 2. The van der Waals surface area contributed by atoms with Gasteiger partial charge in [-0.3, -0.25) is 23.6 Å². The largest absolute Gasteiger partial charge is 0.339 e. The molecule has 33 heavy (non-hydrogen) atoms. The van der Waals surface area contributed by atoms with Crippen LogP contribution in [0, 0.1) is 5.92 Å². The lowest BCUT2D eigenvalue weighted by atomic mass is 10.1. The zero-order valence-corrected chi connectivity index (χ0v) is 19.6. The van der Waals surface area contributed by atoms with Gasteiger partial charge in [-0.25, -0.2) is 16.8 Å². The highest BCUT2D eigenvalue weighted by molar-refractivity contribution is 7.92. The Labute approximate surface area is 189 Å². The van der Waals surface area contributed by atoms with Gasteiger partial charge in [-0.2, -0.15) is 9.61 Å². The third kappa shape index (κ3) is 4.30. The van der Waals surface area contributed by atoms with Crippen molar-refractivity contribution in [3.05, 3.63) is 56.4 Å². The number of aromatic nitrogens is 3. The molecule has 0 saturated carbocycles. The van der Waals surface area contributed by atoms with E-state index < -0.39 is 36.4 Å². The zero-order chi connectivity index (χ0) is 24.1. The van der Waals surface area contributed by atoms with Gasteiger partial charge in [0.1, 0.15) is 21.6 Å². The summed E-state index contributed by atoms with van der Waals surface area (Å²) in [6, 6.07) is 5.39. The number of fused-ring (bicyclic) bond motifs is 2. The van der Waals surface area contributed by atoms with E-state index >= 15 is 0 Å². The van der Waals surface area contributed by atoms with E-state index in [2.05, 4.69) is 19.9 Å². The van der Waals surface area contributed by atoms with Crippen LogP contribution in [-0.2, 0) is 26.6 Å². The maximum atomic E-state index is 13.3. The van der Waals surface area contributed by atoms with Crippen LogP contribution in [0.2, 0.25) is 0 Å². The normalized spacial score (nSPS) is 16.8. The van der Waals surface area contributed by atoms with E-state index in [1.807, 2.05) is 13.8 Å². The van der Waals surface area contributed by atoms with Crippen LogP contribution in [0.25, 0.3) is 11.5 Å². The molecule has 0 bridgehead atoms. The van der Waals surface area contributed by atoms with Crippen LogP contribution in [0.3, 0.4) is 0 Å². The summed E-state index contributed by atoms with van der Waals surface area (Å²) in [7, 11) is -7.85. The molecule has 3 aromatic rings. The highest BCUT2D eigenvalue weighted by Crippen LogP contribution is 2.30. The molecule has 0 saturated heterocycles. The lowest BCUT2D eigenvalue weighted by Crippen LogP contribution is -2.53. The first kappa shape index (κ1) is 22.8. The Morgan fingerprint density at radius 2 is 1.88 bits per heavy atom. The van der Waals surface area contributed by atoms with Gasteiger partial charge < -0.3 is 5.32 Å². The lowest BCUT2D eigenvalue weighted by Gasteiger charge is -2.23. The minimum atomic E-state index is -4.23. The molecule has 0 amide bonds. The summed E-state index contributed by atoms with van der Waals surface area (Å²) in [4.78, 5) is 26.1. The second-order valence-electron chi connectivity index (χ2n) is 8.11. The molecule has 0 spiro atoms. The smallest absolute Gasteiger partial charge is 0.289 e. The van der Waals surface area contributed by atoms with Gasteiger partial charge in [0.25, 0.3) is 21.1 Å². The number of nitrogens with zero attached hydrogens (tertiary/aromatic N) is 3. The standard InChI is InChI=1S/C19H22N6O6S2/c1-11(2)7-9-24-15-6-8-20-25(15)19(27)16(18(24)26)17-21-13-5-4-12(22-32(3,28)29)10-14(13)33(30,31)23-17/h4-6,8,10-11,21-23H,7,9H2,1-3H3/b17-16+. The van der Waals surface area contributed by atoms with E-state index in [-0.39, 0.29) is 28.0 Å². The third-order valence-corrected chi connectivity index (χ3v) is 7.01. The molecule has 4 rings (SSSR count). The van der Waals surface area contributed by atoms with Gasteiger partial charge in [-0.1, -0.05) is 13.8 Å². The van der Waals surface area contributed by atoms with Crippen molar-refractivity contribution < 1.29 is 16.8 Å². The molecule has 0 aliphatic carbocycles. The fraction of sp³-hybridized carbons (Fsp3) is 0.316. The highest BCUT2D eigenvalue weighted by Gasteiger charge is 2.28. The molecular weight excluding hydrogens is 472 g/mol. The minimum Gasteiger partial charge on any atom is -0.339 e. The minimum absolute atomic E-state index is 0.0467. The number of benzene rings is 1. The molecule has 2 aromatic heterocycles. The monoisotopic (exact) mass is 494 g/mol. The van der Waals surface area contributed by atoms with Crippen LogP contribution in [0.5, 0.6) is 0 Å². The average molecular weight is 495 g/mol. The van der Waals surface area contributed by atoms with Gasteiger partial charge in [-0.15, -0.1) is 0 Å². The van der Waals surface area contributed by atoms with E-state index in [9.17, 15) is 26.4 Å². The fourth-order valence-corrected chi connectivity index (χ4v) is 5.28. The van der Waals surface area contributed by atoms with Crippen LogP contribution in [0.15, 0.2) is 44.9 Å². The Bertz CT molecular complexity index is 1650. The summed E-state index contributed by atoms with van der Waals surface area (Å²) in [6.45, 7) is 4.31. The van der Waals surface area contributed by atoms with Crippen LogP contribution in [-0.4, -0.2) is 37.3 Å². The fourth-order valence-electron chi connectivity index (χ4n) is 3.50. The summed E-state index contributed by atoms with van der Waals surface area (Å²) in [5.74, 6) is -0.00662. The second-order valence-corrected chi connectivity index (χ2v) is 11.5. The Morgan fingerprint density at radius 1 is 1.15 bits per heavy atom. The van der Waals surface area contributed by atoms with Gasteiger partial charge in [-0.05, 0) is 30.5 Å². The molecular formula is C19H22N6O6S2. The van der Waals surface area contributed by atoms with Crippen molar-refractivity contribution in [1.29, 1.82) is 0 Å². The van der Waals surface area contributed by atoms with Crippen LogP contribution in [0.4, 0.5) is 11.4 Å². The maximum absolute atomic E-state index is 13.3. The van der Waals surface area contributed by atoms with Crippen molar-refractivity contribution >= 4 is 42.9 Å². The topological polar surface area (TPSA) is 161 Å². The SMILES string of the molecule is CC(C)CCn1c(=O)/c(=C2/Nc3ccc(NS(C)(=O)=O)cc3S(=O)(=O)N2)c(=O)n2nccc12. The molecule has 0 fully saturated rings. The molecule has 0 radical (unpaired) electrons.